The molecule has 0 fully saturated rings. The second kappa shape index (κ2) is 6.08. The van der Waals surface area contributed by atoms with Crippen molar-refractivity contribution in [1.82, 2.24) is 0 Å². The second-order valence-electron chi connectivity index (χ2n) is 3.66. The average Bonchev–Trinajstić information content (AvgIpc) is 2.38. The van der Waals surface area contributed by atoms with E-state index < -0.39 is 0 Å². The van der Waals surface area contributed by atoms with E-state index in [2.05, 4.69) is 15.9 Å². The molecule has 0 radical (unpaired) electrons. The molecule has 2 aromatic carbocycles. The Labute approximate surface area is 115 Å². The van der Waals surface area contributed by atoms with Gasteiger partial charge < -0.3 is 4.74 Å². The van der Waals surface area contributed by atoms with E-state index in [-0.39, 0.29) is 0 Å². The van der Waals surface area contributed by atoms with Crippen molar-refractivity contribution in [1.29, 1.82) is 0 Å². The summed E-state index contributed by atoms with van der Waals surface area (Å²) in [6.45, 7) is 0.562. The van der Waals surface area contributed by atoms with Crippen LogP contribution in [0.5, 0.6) is 5.75 Å². The van der Waals surface area contributed by atoms with Gasteiger partial charge in [-0.2, -0.15) is 0 Å². The average molecular weight is 312 g/mol. The highest BCUT2D eigenvalue weighted by molar-refractivity contribution is 9.10. The molecular weight excluding hydrogens is 300 g/mol. The molecule has 2 aromatic rings. The van der Waals surface area contributed by atoms with Gasteiger partial charge in [0.05, 0.1) is 5.88 Å². The van der Waals surface area contributed by atoms with Crippen molar-refractivity contribution in [3.63, 3.8) is 0 Å². The quantitative estimate of drug-likeness (QED) is 0.739. The molecule has 0 atom stereocenters. The Morgan fingerprint density at radius 3 is 2.53 bits per heavy atom. The summed E-state index contributed by atoms with van der Waals surface area (Å²) in [5, 5.41) is 0. The maximum Gasteiger partial charge on any atom is 0.124 e. The minimum Gasteiger partial charge on any atom is -0.489 e. The summed E-state index contributed by atoms with van der Waals surface area (Å²) in [6.07, 6.45) is 0. The van der Waals surface area contributed by atoms with Crippen molar-refractivity contribution in [3.05, 3.63) is 64.1 Å². The largest absolute Gasteiger partial charge is 0.489 e. The molecule has 0 N–H and O–H groups in total. The highest BCUT2D eigenvalue weighted by Gasteiger charge is 2.03. The van der Waals surface area contributed by atoms with E-state index in [4.69, 9.17) is 16.3 Å². The fourth-order valence-corrected chi connectivity index (χ4v) is 2.15. The van der Waals surface area contributed by atoms with Crippen molar-refractivity contribution < 1.29 is 4.74 Å². The van der Waals surface area contributed by atoms with Crippen LogP contribution in [0.25, 0.3) is 0 Å². The van der Waals surface area contributed by atoms with Gasteiger partial charge in [0.25, 0.3) is 0 Å². The Morgan fingerprint density at radius 1 is 1.06 bits per heavy atom. The van der Waals surface area contributed by atoms with Crippen LogP contribution < -0.4 is 4.74 Å². The van der Waals surface area contributed by atoms with Crippen LogP contribution in [-0.4, -0.2) is 0 Å². The number of ether oxygens (including phenoxy) is 1. The third kappa shape index (κ3) is 3.48. The Hall–Kier alpha value is -0.990. The fraction of sp³-hybridized carbons (Fsp3) is 0.143. The Morgan fingerprint density at radius 2 is 1.82 bits per heavy atom. The van der Waals surface area contributed by atoms with Crippen molar-refractivity contribution in [2.75, 3.05) is 0 Å². The molecule has 0 amide bonds. The molecule has 0 saturated heterocycles. The predicted molar refractivity (Wildman–Crippen MR) is 74.5 cm³/mol. The highest BCUT2D eigenvalue weighted by Crippen LogP contribution is 2.25. The first-order valence-corrected chi connectivity index (χ1v) is 6.63. The molecule has 0 saturated carbocycles. The van der Waals surface area contributed by atoms with E-state index in [9.17, 15) is 0 Å². The minimum absolute atomic E-state index is 0.448. The maximum atomic E-state index is 5.88. The van der Waals surface area contributed by atoms with Gasteiger partial charge >= 0.3 is 0 Å². The van der Waals surface area contributed by atoms with E-state index in [0.717, 1.165) is 21.3 Å². The van der Waals surface area contributed by atoms with E-state index in [0.29, 0.717) is 12.5 Å². The van der Waals surface area contributed by atoms with E-state index in [1.807, 2.05) is 48.5 Å². The zero-order valence-electron chi connectivity index (χ0n) is 9.20. The zero-order chi connectivity index (χ0) is 12.1. The van der Waals surface area contributed by atoms with Crippen molar-refractivity contribution >= 4 is 27.5 Å². The predicted octanol–water partition coefficient (Wildman–Crippen LogP) is 4.77. The lowest BCUT2D eigenvalue weighted by atomic mass is 10.2. The highest BCUT2D eigenvalue weighted by atomic mass is 79.9. The Kier molecular flexibility index (Phi) is 4.46. The van der Waals surface area contributed by atoms with Gasteiger partial charge in [-0.25, -0.2) is 0 Å². The molecule has 0 bridgehead atoms. The third-order valence-electron chi connectivity index (χ3n) is 2.40. The van der Waals surface area contributed by atoms with E-state index in [1.54, 1.807) is 0 Å². The summed E-state index contributed by atoms with van der Waals surface area (Å²) in [4.78, 5) is 0. The molecule has 1 nitrogen and oxygen atoms in total. The summed E-state index contributed by atoms with van der Waals surface area (Å²) in [5.74, 6) is 1.29. The first-order valence-electron chi connectivity index (χ1n) is 5.30. The lowest BCUT2D eigenvalue weighted by Crippen LogP contribution is -1.97. The SMILES string of the molecule is ClCc1cc(Br)ccc1OCc1ccccc1. The molecule has 0 heterocycles. The van der Waals surface area contributed by atoms with Gasteiger partial charge in [-0.3, -0.25) is 0 Å². The number of rotatable bonds is 4. The van der Waals surface area contributed by atoms with Gasteiger partial charge in [-0.05, 0) is 23.8 Å². The van der Waals surface area contributed by atoms with Gasteiger partial charge in [0.2, 0.25) is 0 Å². The van der Waals surface area contributed by atoms with Crippen LogP contribution in [0, 0.1) is 0 Å². The van der Waals surface area contributed by atoms with E-state index in [1.165, 1.54) is 0 Å². The lowest BCUT2D eigenvalue weighted by molar-refractivity contribution is 0.304. The lowest BCUT2D eigenvalue weighted by Gasteiger charge is -2.10. The molecule has 0 spiro atoms. The van der Waals surface area contributed by atoms with Gasteiger partial charge in [-0.15, -0.1) is 11.6 Å². The van der Waals surface area contributed by atoms with Crippen LogP contribution in [0.15, 0.2) is 53.0 Å². The summed E-state index contributed by atoms with van der Waals surface area (Å²) in [5.41, 5.74) is 2.15. The van der Waals surface area contributed by atoms with Crippen LogP contribution in [-0.2, 0) is 12.5 Å². The van der Waals surface area contributed by atoms with Crippen molar-refractivity contribution in [2.45, 2.75) is 12.5 Å². The number of hydrogen-bond acceptors (Lipinski definition) is 1. The normalized spacial score (nSPS) is 10.2. The summed E-state index contributed by atoms with van der Waals surface area (Å²) >= 11 is 9.30. The molecule has 0 aliphatic carbocycles. The van der Waals surface area contributed by atoms with Crippen LogP contribution >= 0.6 is 27.5 Å². The van der Waals surface area contributed by atoms with Crippen molar-refractivity contribution in [2.24, 2.45) is 0 Å². The molecule has 0 aliphatic rings. The number of hydrogen-bond donors (Lipinski definition) is 0. The van der Waals surface area contributed by atoms with Crippen LogP contribution in [0.4, 0.5) is 0 Å². The van der Waals surface area contributed by atoms with Gasteiger partial charge in [0.1, 0.15) is 12.4 Å². The molecule has 2 rings (SSSR count). The van der Waals surface area contributed by atoms with Gasteiger partial charge in [0.15, 0.2) is 0 Å². The molecule has 0 unspecified atom stereocenters. The van der Waals surface area contributed by atoms with Gasteiger partial charge in [0, 0.05) is 10.0 Å². The van der Waals surface area contributed by atoms with Crippen LogP contribution in [0.2, 0.25) is 0 Å². The molecular formula is C14H12BrClO. The van der Waals surface area contributed by atoms with Crippen LogP contribution in [0.3, 0.4) is 0 Å². The van der Waals surface area contributed by atoms with E-state index >= 15 is 0 Å². The summed E-state index contributed by atoms with van der Waals surface area (Å²) in [6, 6.07) is 16.0. The zero-order valence-corrected chi connectivity index (χ0v) is 11.5. The topological polar surface area (TPSA) is 9.23 Å². The van der Waals surface area contributed by atoms with Gasteiger partial charge in [-0.1, -0.05) is 46.3 Å². The number of halogens is 2. The summed E-state index contributed by atoms with van der Waals surface area (Å²) in [7, 11) is 0. The standard InChI is InChI=1S/C14H12BrClO/c15-13-6-7-14(12(8-13)9-16)17-10-11-4-2-1-3-5-11/h1-8H,9-10H2. The first-order chi connectivity index (χ1) is 8.29. The van der Waals surface area contributed by atoms with Crippen LogP contribution in [0.1, 0.15) is 11.1 Å². The second-order valence-corrected chi connectivity index (χ2v) is 4.84. The Balaban J connectivity index is 2.09. The molecule has 0 aromatic heterocycles. The number of alkyl halides is 1. The number of benzene rings is 2. The third-order valence-corrected chi connectivity index (χ3v) is 3.18. The molecule has 88 valence electrons. The fourth-order valence-electron chi connectivity index (χ4n) is 1.53. The molecule has 0 aliphatic heterocycles. The maximum absolute atomic E-state index is 5.88. The monoisotopic (exact) mass is 310 g/mol. The smallest absolute Gasteiger partial charge is 0.124 e. The van der Waals surface area contributed by atoms with Crippen molar-refractivity contribution in [3.8, 4) is 5.75 Å². The Bertz CT molecular complexity index is 485. The first kappa shape index (κ1) is 12.5. The molecule has 3 heteroatoms. The molecule has 17 heavy (non-hydrogen) atoms. The minimum atomic E-state index is 0.448. The summed E-state index contributed by atoms with van der Waals surface area (Å²) < 4.78 is 6.78.